The molecule has 1 aromatic carbocycles. The van der Waals surface area contributed by atoms with Crippen molar-refractivity contribution in [1.29, 1.82) is 0 Å². The number of ether oxygens (including phenoxy) is 2. The third kappa shape index (κ3) is 3.56. The summed E-state index contributed by atoms with van der Waals surface area (Å²) in [5, 5.41) is 8.93. The van der Waals surface area contributed by atoms with Crippen LogP contribution in [0.3, 0.4) is 0 Å². The average Bonchev–Trinajstić information content (AvgIpc) is 2.29. The van der Waals surface area contributed by atoms with E-state index in [1.54, 1.807) is 19.2 Å². The molecule has 1 atom stereocenters. The van der Waals surface area contributed by atoms with Crippen molar-refractivity contribution in [2.45, 2.75) is 13.0 Å². The van der Waals surface area contributed by atoms with Gasteiger partial charge in [-0.25, -0.2) is 0 Å². The SMILES string of the molecule is CCOc1ccc([C@H](N)CO)cc1OC.Cl. The van der Waals surface area contributed by atoms with E-state index in [2.05, 4.69) is 0 Å². The number of methoxy groups -OCH3 is 1. The van der Waals surface area contributed by atoms with Crippen LogP contribution in [0.1, 0.15) is 18.5 Å². The summed E-state index contributed by atoms with van der Waals surface area (Å²) < 4.78 is 10.5. The van der Waals surface area contributed by atoms with Crippen molar-refractivity contribution in [3.8, 4) is 11.5 Å². The Balaban J connectivity index is 0.00000225. The minimum atomic E-state index is -0.380. The Kier molecular flexibility index (Phi) is 6.88. The standard InChI is InChI=1S/C11H17NO3.ClH/c1-3-15-10-5-4-8(9(12)7-13)6-11(10)14-2;/h4-6,9,13H,3,7,12H2,1-2H3;1H/t9-;/m1./s1. The lowest BCUT2D eigenvalue weighted by Crippen LogP contribution is -2.14. The van der Waals surface area contributed by atoms with Gasteiger partial charge in [-0.1, -0.05) is 6.07 Å². The lowest BCUT2D eigenvalue weighted by molar-refractivity contribution is 0.267. The zero-order valence-electron chi connectivity index (χ0n) is 9.47. The minimum absolute atomic E-state index is 0. The molecule has 0 spiro atoms. The van der Waals surface area contributed by atoms with Crippen molar-refractivity contribution in [2.24, 2.45) is 5.73 Å². The van der Waals surface area contributed by atoms with E-state index in [-0.39, 0.29) is 25.1 Å². The summed E-state index contributed by atoms with van der Waals surface area (Å²) in [6.45, 7) is 2.41. The Morgan fingerprint density at radius 1 is 1.38 bits per heavy atom. The molecule has 0 heterocycles. The molecule has 0 aromatic heterocycles. The molecular weight excluding hydrogens is 230 g/mol. The largest absolute Gasteiger partial charge is 0.493 e. The van der Waals surface area contributed by atoms with Gasteiger partial charge in [0.2, 0.25) is 0 Å². The first-order valence-electron chi connectivity index (χ1n) is 4.90. The van der Waals surface area contributed by atoms with Crippen molar-refractivity contribution in [3.63, 3.8) is 0 Å². The number of hydrogen-bond donors (Lipinski definition) is 2. The normalized spacial score (nSPS) is 11.5. The monoisotopic (exact) mass is 247 g/mol. The van der Waals surface area contributed by atoms with Gasteiger partial charge in [-0.3, -0.25) is 0 Å². The van der Waals surface area contributed by atoms with Crippen LogP contribution in [0, 0.1) is 0 Å². The van der Waals surface area contributed by atoms with Gasteiger partial charge in [0.15, 0.2) is 11.5 Å². The lowest BCUT2D eigenvalue weighted by atomic mass is 10.1. The molecule has 5 heteroatoms. The van der Waals surface area contributed by atoms with Crippen LogP contribution in [0.5, 0.6) is 11.5 Å². The third-order valence-electron chi connectivity index (χ3n) is 2.11. The van der Waals surface area contributed by atoms with E-state index in [0.29, 0.717) is 18.1 Å². The van der Waals surface area contributed by atoms with Crippen molar-refractivity contribution >= 4 is 12.4 Å². The van der Waals surface area contributed by atoms with E-state index in [9.17, 15) is 0 Å². The second-order valence-electron chi connectivity index (χ2n) is 3.13. The van der Waals surface area contributed by atoms with E-state index >= 15 is 0 Å². The molecule has 0 amide bonds. The molecule has 4 nitrogen and oxygen atoms in total. The number of halogens is 1. The van der Waals surface area contributed by atoms with Crippen LogP contribution < -0.4 is 15.2 Å². The number of aliphatic hydroxyl groups excluding tert-OH is 1. The highest BCUT2D eigenvalue weighted by Crippen LogP contribution is 2.29. The predicted molar refractivity (Wildman–Crippen MR) is 65.4 cm³/mol. The topological polar surface area (TPSA) is 64.7 Å². The average molecular weight is 248 g/mol. The summed E-state index contributed by atoms with van der Waals surface area (Å²) in [5.74, 6) is 1.33. The van der Waals surface area contributed by atoms with Crippen molar-refractivity contribution < 1.29 is 14.6 Å². The number of aliphatic hydroxyl groups is 1. The maximum atomic E-state index is 8.93. The van der Waals surface area contributed by atoms with Crippen LogP contribution >= 0.6 is 12.4 Å². The molecule has 92 valence electrons. The van der Waals surface area contributed by atoms with Crippen LogP contribution in [-0.2, 0) is 0 Å². The number of hydrogen-bond acceptors (Lipinski definition) is 4. The van der Waals surface area contributed by atoms with E-state index in [4.69, 9.17) is 20.3 Å². The molecule has 0 bridgehead atoms. The van der Waals surface area contributed by atoms with Gasteiger partial charge in [-0.05, 0) is 24.6 Å². The molecule has 0 saturated heterocycles. The highest BCUT2D eigenvalue weighted by Gasteiger charge is 2.09. The van der Waals surface area contributed by atoms with E-state index in [1.807, 2.05) is 13.0 Å². The second-order valence-corrected chi connectivity index (χ2v) is 3.13. The molecular formula is C11H18ClNO3. The molecule has 1 aromatic rings. The van der Waals surface area contributed by atoms with Crippen molar-refractivity contribution in [2.75, 3.05) is 20.3 Å². The first kappa shape index (κ1) is 15.0. The van der Waals surface area contributed by atoms with Gasteiger partial charge in [0.05, 0.1) is 26.4 Å². The Hall–Kier alpha value is -0.970. The number of rotatable bonds is 5. The lowest BCUT2D eigenvalue weighted by Gasteiger charge is -2.13. The zero-order chi connectivity index (χ0) is 11.3. The van der Waals surface area contributed by atoms with E-state index in [0.717, 1.165) is 5.56 Å². The quantitative estimate of drug-likeness (QED) is 0.828. The third-order valence-corrected chi connectivity index (χ3v) is 2.11. The molecule has 16 heavy (non-hydrogen) atoms. The number of nitrogens with two attached hydrogens (primary N) is 1. The van der Waals surface area contributed by atoms with Gasteiger partial charge in [-0.15, -0.1) is 12.4 Å². The van der Waals surface area contributed by atoms with Gasteiger partial charge in [0.1, 0.15) is 0 Å². The van der Waals surface area contributed by atoms with Crippen LogP contribution in [-0.4, -0.2) is 25.4 Å². The van der Waals surface area contributed by atoms with E-state index < -0.39 is 0 Å². The summed E-state index contributed by atoms with van der Waals surface area (Å²) in [7, 11) is 1.58. The van der Waals surface area contributed by atoms with Crippen molar-refractivity contribution in [3.05, 3.63) is 23.8 Å². The summed E-state index contributed by atoms with van der Waals surface area (Å²) in [6.07, 6.45) is 0. The maximum Gasteiger partial charge on any atom is 0.161 e. The minimum Gasteiger partial charge on any atom is -0.493 e. The molecule has 3 N–H and O–H groups in total. The first-order chi connectivity index (χ1) is 7.22. The Morgan fingerprint density at radius 2 is 2.06 bits per heavy atom. The fourth-order valence-electron chi connectivity index (χ4n) is 1.29. The molecule has 1 rings (SSSR count). The van der Waals surface area contributed by atoms with E-state index in [1.165, 1.54) is 0 Å². The highest BCUT2D eigenvalue weighted by molar-refractivity contribution is 5.85. The molecule has 0 radical (unpaired) electrons. The second kappa shape index (κ2) is 7.33. The summed E-state index contributed by atoms with van der Waals surface area (Å²) in [4.78, 5) is 0. The molecule has 0 aliphatic carbocycles. The van der Waals surface area contributed by atoms with Gasteiger partial charge >= 0.3 is 0 Å². The summed E-state index contributed by atoms with van der Waals surface area (Å²) >= 11 is 0. The van der Waals surface area contributed by atoms with Crippen LogP contribution in [0.2, 0.25) is 0 Å². The molecule has 0 aliphatic rings. The number of benzene rings is 1. The molecule has 0 unspecified atom stereocenters. The van der Waals surface area contributed by atoms with Gasteiger partial charge < -0.3 is 20.3 Å². The molecule has 0 saturated carbocycles. The highest BCUT2D eigenvalue weighted by atomic mass is 35.5. The van der Waals surface area contributed by atoms with Gasteiger partial charge in [-0.2, -0.15) is 0 Å². The van der Waals surface area contributed by atoms with Gasteiger partial charge in [0.25, 0.3) is 0 Å². The first-order valence-corrected chi connectivity index (χ1v) is 4.90. The van der Waals surface area contributed by atoms with Crippen LogP contribution in [0.15, 0.2) is 18.2 Å². The Labute approximate surface area is 102 Å². The molecule has 0 fully saturated rings. The Morgan fingerprint density at radius 3 is 2.56 bits per heavy atom. The fraction of sp³-hybridized carbons (Fsp3) is 0.455. The van der Waals surface area contributed by atoms with Crippen molar-refractivity contribution in [1.82, 2.24) is 0 Å². The summed E-state index contributed by atoms with van der Waals surface area (Å²) in [5.41, 5.74) is 6.53. The molecule has 0 aliphatic heterocycles. The van der Waals surface area contributed by atoms with Crippen LogP contribution in [0.25, 0.3) is 0 Å². The van der Waals surface area contributed by atoms with Gasteiger partial charge in [0, 0.05) is 0 Å². The smallest absolute Gasteiger partial charge is 0.161 e. The predicted octanol–water partition coefficient (Wildman–Crippen LogP) is 1.51. The van der Waals surface area contributed by atoms with Crippen LogP contribution in [0.4, 0.5) is 0 Å². The Bertz CT molecular complexity index is 320. The summed E-state index contributed by atoms with van der Waals surface area (Å²) in [6, 6.07) is 5.03. The fourth-order valence-corrected chi connectivity index (χ4v) is 1.29. The zero-order valence-corrected chi connectivity index (χ0v) is 10.3. The maximum absolute atomic E-state index is 8.93.